The number of nitrogens with one attached hydrogen (secondary N) is 2. The minimum absolute atomic E-state index is 0.0475. The molecular formula is C15H15ClN2O4S. The Morgan fingerprint density at radius 1 is 1.17 bits per heavy atom. The Hall–Kier alpha value is -2.25. The van der Waals surface area contributed by atoms with Gasteiger partial charge < -0.3 is 10.1 Å². The van der Waals surface area contributed by atoms with Crippen molar-refractivity contribution >= 4 is 38.9 Å². The van der Waals surface area contributed by atoms with Gasteiger partial charge in [0.25, 0.3) is 10.0 Å². The Morgan fingerprint density at radius 2 is 1.87 bits per heavy atom. The van der Waals surface area contributed by atoms with Crippen molar-refractivity contribution in [1.82, 2.24) is 0 Å². The third-order valence-corrected chi connectivity index (χ3v) is 4.76. The van der Waals surface area contributed by atoms with E-state index in [1.165, 1.54) is 32.2 Å². The second kappa shape index (κ2) is 6.89. The van der Waals surface area contributed by atoms with Gasteiger partial charge in [-0.1, -0.05) is 23.7 Å². The maximum absolute atomic E-state index is 12.5. The quantitative estimate of drug-likeness (QED) is 0.864. The van der Waals surface area contributed by atoms with Crippen molar-refractivity contribution in [2.45, 2.75) is 11.8 Å². The summed E-state index contributed by atoms with van der Waals surface area (Å²) in [5.41, 5.74) is 0.633. The van der Waals surface area contributed by atoms with Gasteiger partial charge >= 0.3 is 0 Å². The van der Waals surface area contributed by atoms with Gasteiger partial charge in [-0.05, 0) is 30.3 Å². The number of sulfonamides is 1. The molecule has 0 heterocycles. The molecule has 0 spiro atoms. The molecule has 0 unspecified atom stereocenters. The van der Waals surface area contributed by atoms with Crippen LogP contribution in [0.15, 0.2) is 47.4 Å². The molecule has 0 fully saturated rings. The van der Waals surface area contributed by atoms with Crippen molar-refractivity contribution in [2.24, 2.45) is 0 Å². The molecule has 0 aliphatic heterocycles. The van der Waals surface area contributed by atoms with E-state index >= 15 is 0 Å². The third-order valence-electron chi connectivity index (χ3n) is 2.89. The molecule has 1 amide bonds. The monoisotopic (exact) mass is 354 g/mol. The third kappa shape index (κ3) is 4.14. The van der Waals surface area contributed by atoms with Crippen LogP contribution >= 0.6 is 11.6 Å². The first kappa shape index (κ1) is 17.1. The fourth-order valence-corrected chi connectivity index (χ4v) is 3.51. The zero-order valence-corrected chi connectivity index (χ0v) is 14.0. The van der Waals surface area contributed by atoms with Crippen molar-refractivity contribution in [3.05, 3.63) is 47.5 Å². The Bertz CT molecular complexity index is 837. The number of methoxy groups -OCH3 is 1. The molecule has 0 radical (unpaired) electrons. The number of benzene rings is 2. The molecule has 0 atom stereocenters. The fourth-order valence-electron chi connectivity index (χ4n) is 1.93. The first-order chi connectivity index (χ1) is 10.8. The molecule has 122 valence electrons. The molecule has 2 rings (SSSR count). The van der Waals surface area contributed by atoms with E-state index in [4.69, 9.17) is 16.3 Å². The van der Waals surface area contributed by atoms with Crippen LogP contribution in [0.2, 0.25) is 5.02 Å². The van der Waals surface area contributed by atoms with Gasteiger partial charge in [0.05, 0.1) is 17.8 Å². The van der Waals surface area contributed by atoms with Crippen LogP contribution in [0.25, 0.3) is 0 Å². The summed E-state index contributed by atoms with van der Waals surface area (Å²) in [5.74, 6) is 0.0461. The van der Waals surface area contributed by atoms with Gasteiger partial charge in [-0.15, -0.1) is 0 Å². The highest BCUT2D eigenvalue weighted by molar-refractivity contribution is 7.92. The summed E-state index contributed by atoms with van der Waals surface area (Å²) < 4.78 is 32.5. The molecule has 2 aromatic carbocycles. The van der Waals surface area contributed by atoms with Crippen molar-refractivity contribution in [1.29, 1.82) is 0 Å². The number of hydrogen-bond donors (Lipinski definition) is 2. The van der Waals surface area contributed by atoms with E-state index in [0.717, 1.165) is 0 Å². The van der Waals surface area contributed by atoms with Crippen LogP contribution in [0, 0.1) is 0 Å². The molecule has 6 nitrogen and oxygen atoms in total. The molecule has 0 aliphatic carbocycles. The van der Waals surface area contributed by atoms with E-state index in [1.54, 1.807) is 24.3 Å². The second-order valence-corrected chi connectivity index (χ2v) is 6.69. The lowest BCUT2D eigenvalue weighted by Crippen LogP contribution is -2.14. The first-order valence-corrected chi connectivity index (χ1v) is 8.42. The Kier molecular flexibility index (Phi) is 5.12. The zero-order chi connectivity index (χ0) is 17.0. The maximum atomic E-state index is 12.5. The number of halogens is 1. The van der Waals surface area contributed by atoms with Crippen molar-refractivity contribution in [3.8, 4) is 5.75 Å². The van der Waals surface area contributed by atoms with Crippen LogP contribution in [0.5, 0.6) is 5.75 Å². The number of rotatable bonds is 5. The predicted molar refractivity (Wildman–Crippen MR) is 89.6 cm³/mol. The van der Waals surface area contributed by atoms with Gasteiger partial charge in [0.1, 0.15) is 10.6 Å². The van der Waals surface area contributed by atoms with Gasteiger partial charge in [0, 0.05) is 12.6 Å². The first-order valence-electron chi connectivity index (χ1n) is 6.56. The zero-order valence-electron chi connectivity index (χ0n) is 12.5. The molecule has 0 aliphatic rings. The summed E-state index contributed by atoms with van der Waals surface area (Å²) in [6.45, 7) is 1.36. The van der Waals surface area contributed by atoms with Crippen LogP contribution in [-0.4, -0.2) is 21.4 Å². The summed E-state index contributed by atoms with van der Waals surface area (Å²) >= 11 is 5.94. The summed E-state index contributed by atoms with van der Waals surface area (Å²) in [4.78, 5) is 11.1. The largest absolute Gasteiger partial charge is 0.495 e. The van der Waals surface area contributed by atoms with Crippen LogP contribution in [0.4, 0.5) is 11.4 Å². The lowest BCUT2D eigenvalue weighted by Gasteiger charge is -2.14. The Balaban J connectivity index is 2.41. The number of carbonyl (C=O) groups is 1. The van der Waals surface area contributed by atoms with Gasteiger partial charge in [0.15, 0.2) is 0 Å². The number of carbonyl (C=O) groups excluding carboxylic acids is 1. The molecule has 23 heavy (non-hydrogen) atoms. The van der Waals surface area contributed by atoms with E-state index in [9.17, 15) is 13.2 Å². The van der Waals surface area contributed by atoms with E-state index in [-0.39, 0.29) is 21.5 Å². The number of amides is 1. The highest BCUT2D eigenvalue weighted by Gasteiger charge is 2.19. The maximum Gasteiger partial charge on any atom is 0.263 e. The Morgan fingerprint density at radius 3 is 2.48 bits per heavy atom. The van der Waals surface area contributed by atoms with E-state index in [2.05, 4.69) is 10.0 Å². The standard InChI is InChI=1S/C15H15ClN2O4S/c1-10(19)17-11-7-8-14(22-2)13(9-11)18-23(20,21)15-6-4-3-5-12(15)16/h3-9,18H,1-2H3,(H,17,19). The van der Waals surface area contributed by atoms with Gasteiger partial charge in [-0.25, -0.2) is 8.42 Å². The van der Waals surface area contributed by atoms with Crippen LogP contribution in [0.3, 0.4) is 0 Å². The molecule has 0 bridgehead atoms. The van der Waals surface area contributed by atoms with Crippen molar-refractivity contribution < 1.29 is 17.9 Å². The Labute approximate surface area is 139 Å². The van der Waals surface area contributed by atoms with Gasteiger partial charge in [-0.2, -0.15) is 0 Å². The van der Waals surface area contributed by atoms with Crippen molar-refractivity contribution in [2.75, 3.05) is 17.1 Å². The summed E-state index contributed by atoms with van der Waals surface area (Å²) in [6, 6.07) is 10.7. The number of anilines is 2. The number of hydrogen-bond acceptors (Lipinski definition) is 4. The molecule has 0 aromatic heterocycles. The highest BCUT2D eigenvalue weighted by atomic mass is 35.5. The molecule has 8 heteroatoms. The van der Waals surface area contributed by atoms with E-state index in [0.29, 0.717) is 11.4 Å². The topological polar surface area (TPSA) is 84.5 Å². The molecule has 0 saturated carbocycles. The normalized spacial score (nSPS) is 10.9. The van der Waals surface area contributed by atoms with Crippen LogP contribution in [-0.2, 0) is 14.8 Å². The minimum Gasteiger partial charge on any atom is -0.495 e. The molecule has 0 saturated heterocycles. The lowest BCUT2D eigenvalue weighted by molar-refractivity contribution is -0.114. The van der Waals surface area contributed by atoms with Gasteiger partial charge in [0.2, 0.25) is 5.91 Å². The predicted octanol–water partition coefficient (Wildman–Crippen LogP) is 3.11. The number of ether oxygens (including phenoxy) is 1. The second-order valence-electron chi connectivity index (χ2n) is 4.63. The van der Waals surface area contributed by atoms with Crippen LogP contribution in [0.1, 0.15) is 6.92 Å². The van der Waals surface area contributed by atoms with Gasteiger partial charge in [-0.3, -0.25) is 9.52 Å². The smallest absolute Gasteiger partial charge is 0.263 e. The minimum atomic E-state index is -3.90. The highest BCUT2D eigenvalue weighted by Crippen LogP contribution is 2.31. The summed E-state index contributed by atoms with van der Waals surface area (Å²) in [6.07, 6.45) is 0. The molecule has 2 aromatic rings. The van der Waals surface area contributed by atoms with E-state index in [1.807, 2.05) is 0 Å². The lowest BCUT2D eigenvalue weighted by atomic mass is 10.2. The van der Waals surface area contributed by atoms with Crippen LogP contribution < -0.4 is 14.8 Å². The fraction of sp³-hybridized carbons (Fsp3) is 0.133. The average molecular weight is 355 g/mol. The molecular weight excluding hydrogens is 340 g/mol. The SMILES string of the molecule is COc1ccc(NC(C)=O)cc1NS(=O)(=O)c1ccccc1Cl. The van der Waals surface area contributed by atoms with E-state index < -0.39 is 10.0 Å². The average Bonchev–Trinajstić information content (AvgIpc) is 2.46. The van der Waals surface area contributed by atoms with Crippen molar-refractivity contribution in [3.63, 3.8) is 0 Å². The summed E-state index contributed by atoms with van der Waals surface area (Å²) in [7, 11) is -2.48. The molecule has 2 N–H and O–H groups in total. The summed E-state index contributed by atoms with van der Waals surface area (Å²) in [5, 5.41) is 2.69.